The van der Waals surface area contributed by atoms with E-state index in [0.717, 1.165) is 5.56 Å². The minimum absolute atomic E-state index is 0.157. The van der Waals surface area contributed by atoms with Crippen molar-refractivity contribution in [3.8, 4) is 0 Å². The molecular weight excluding hydrogens is 322 g/mol. The van der Waals surface area contributed by atoms with Gasteiger partial charge < -0.3 is 10.2 Å². The maximum atomic E-state index is 12.5. The summed E-state index contributed by atoms with van der Waals surface area (Å²) in [5.74, 6) is -1.52. The lowest BCUT2D eigenvalue weighted by Gasteiger charge is -2.26. The molecule has 0 aromatic heterocycles. The summed E-state index contributed by atoms with van der Waals surface area (Å²) in [6, 6.07) is 14.6. The van der Waals surface area contributed by atoms with Crippen molar-refractivity contribution >= 4 is 23.2 Å². The first-order valence-corrected chi connectivity index (χ1v) is 7.79. The Hall–Kier alpha value is -3.22. The van der Waals surface area contributed by atoms with Gasteiger partial charge in [-0.1, -0.05) is 36.4 Å². The van der Waals surface area contributed by atoms with E-state index < -0.39 is 16.7 Å². The number of benzene rings is 2. The van der Waals surface area contributed by atoms with E-state index in [2.05, 4.69) is 5.32 Å². The first-order valence-electron chi connectivity index (χ1n) is 7.79. The van der Waals surface area contributed by atoms with Crippen LogP contribution in [0.15, 0.2) is 54.6 Å². The van der Waals surface area contributed by atoms with Gasteiger partial charge in [-0.25, -0.2) is 0 Å². The number of hydrogen-bond acceptors (Lipinski definition) is 4. The van der Waals surface area contributed by atoms with Crippen LogP contribution in [0, 0.1) is 10.1 Å². The highest BCUT2D eigenvalue weighted by molar-refractivity contribution is 6.39. The molecule has 0 aliphatic heterocycles. The third-order valence-corrected chi connectivity index (χ3v) is 3.59. The van der Waals surface area contributed by atoms with Crippen LogP contribution < -0.4 is 5.32 Å². The number of hydrogen-bond donors (Lipinski definition) is 1. The smallest absolute Gasteiger partial charge is 0.313 e. The molecule has 130 valence electrons. The van der Waals surface area contributed by atoms with Crippen molar-refractivity contribution in [3.05, 3.63) is 70.3 Å². The molecule has 0 spiro atoms. The summed E-state index contributed by atoms with van der Waals surface area (Å²) >= 11 is 0. The number of anilines is 1. The van der Waals surface area contributed by atoms with Gasteiger partial charge in [-0.2, -0.15) is 0 Å². The average Bonchev–Trinajstić information content (AvgIpc) is 2.60. The molecule has 0 radical (unpaired) electrons. The van der Waals surface area contributed by atoms with Crippen LogP contribution in [-0.2, 0) is 16.1 Å². The Morgan fingerprint density at radius 3 is 2.40 bits per heavy atom. The molecule has 0 saturated heterocycles. The van der Waals surface area contributed by atoms with Gasteiger partial charge in [-0.3, -0.25) is 19.7 Å². The molecule has 0 saturated carbocycles. The summed E-state index contributed by atoms with van der Waals surface area (Å²) in [5.41, 5.74) is 0.957. The zero-order chi connectivity index (χ0) is 18.4. The second-order valence-electron chi connectivity index (χ2n) is 5.77. The van der Waals surface area contributed by atoms with Crippen LogP contribution in [0.3, 0.4) is 0 Å². The molecule has 2 amide bonds. The average molecular weight is 341 g/mol. The van der Waals surface area contributed by atoms with Gasteiger partial charge in [0.1, 0.15) is 0 Å². The topological polar surface area (TPSA) is 92.6 Å². The maximum absolute atomic E-state index is 12.5. The Morgan fingerprint density at radius 2 is 1.80 bits per heavy atom. The van der Waals surface area contributed by atoms with Gasteiger partial charge in [0.2, 0.25) is 0 Å². The third kappa shape index (κ3) is 4.87. The quantitative estimate of drug-likeness (QED) is 0.514. The standard InChI is InChI=1S/C18H19N3O4/c1-13(2)20(12-14-7-4-3-5-8-14)18(23)17(22)19-15-9-6-10-16(11-15)21(24)25/h3-11,13H,12H2,1-2H3,(H,19,22). The number of non-ortho nitro benzene ring substituents is 1. The van der Waals surface area contributed by atoms with E-state index in [1.807, 2.05) is 44.2 Å². The number of nitrogens with one attached hydrogen (secondary N) is 1. The molecule has 0 aliphatic rings. The molecule has 7 heteroatoms. The number of nitro benzene ring substituents is 1. The summed E-state index contributed by atoms with van der Waals surface area (Å²) in [7, 11) is 0. The molecule has 0 atom stereocenters. The lowest BCUT2D eigenvalue weighted by atomic mass is 10.2. The SMILES string of the molecule is CC(C)N(Cc1ccccc1)C(=O)C(=O)Nc1cccc([N+](=O)[O-])c1. The molecular formula is C18H19N3O4. The molecule has 25 heavy (non-hydrogen) atoms. The number of carbonyl (C=O) groups excluding carboxylic acids is 2. The van der Waals surface area contributed by atoms with Crippen molar-refractivity contribution < 1.29 is 14.5 Å². The first kappa shape index (κ1) is 18.1. The van der Waals surface area contributed by atoms with E-state index >= 15 is 0 Å². The summed E-state index contributed by atoms with van der Waals surface area (Å²) in [6.45, 7) is 3.95. The van der Waals surface area contributed by atoms with E-state index in [-0.39, 0.29) is 17.4 Å². The predicted molar refractivity (Wildman–Crippen MR) is 93.9 cm³/mol. The van der Waals surface area contributed by atoms with Crippen LogP contribution in [0.2, 0.25) is 0 Å². The van der Waals surface area contributed by atoms with Crippen LogP contribution in [0.5, 0.6) is 0 Å². The monoisotopic (exact) mass is 341 g/mol. The van der Waals surface area contributed by atoms with Crippen molar-refractivity contribution in [2.45, 2.75) is 26.4 Å². The van der Waals surface area contributed by atoms with Gasteiger partial charge in [-0.15, -0.1) is 0 Å². The minimum atomic E-state index is -0.829. The summed E-state index contributed by atoms with van der Waals surface area (Å²) < 4.78 is 0. The Labute approximate surface area is 145 Å². The van der Waals surface area contributed by atoms with Gasteiger partial charge in [0, 0.05) is 30.4 Å². The highest BCUT2D eigenvalue weighted by Crippen LogP contribution is 2.17. The Balaban J connectivity index is 2.12. The van der Waals surface area contributed by atoms with Crippen molar-refractivity contribution in [1.82, 2.24) is 4.90 Å². The fraction of sp³-hybridized carbons (Fsp3) is 0.222. The summed E-state index contributed by atoms with van der Waals surface area (Å²) in [6.07, 6.45) is 0. The highest BCUT2D eigenvalue weighted by atomic mass is 16.6. The van der Waals surface area contributed by atoms with Crippen LogP contribution in [0.4, 0.5) is 11.4 Å². The van der Waals surface area contributed by atoms with Crippen molar-refractivity contribution in [1.29, 1.82) is 0 Å². The zero-order valence-electron chi connectivity index (χ0n) is 14.0. The molecule has 0 aliphatic carbocycles. The van der Waals surface area contributed by atoms with Crippen LogP contribution >= 0.6 is 0 Å². The van der Waals surface area contributed by atoms with Gasteiger partial charge in [0.25, 0.3) is 5.69 Å². The molecule has 0 bridgehead atoms. The number of nitro groups is 1. The van der Waals surface area contributed by atoms with Gasteiger partial charge in [0.05, 0.1) is 4.92 Å². The third-order valence-electron chi connectivity index (χ3n) is 3.59. The molecule has 0 unspecified atom stereocenters. The number of carbonyl (C=O) groups is 2. The van der Waals surface area contributed by atoms with E-state index in [1.165, 1.54) is 29.2 Å². The minimum Gasteiger partial charge on any atom is -0.328 e. The van der Waals surface area contributed by atoms with E-state index in [1.54, 1.807) is 0 Å². The molecule has 7 nitrogen and oxygen atoms in total. The Kier molecular flexibility index (Phi) is 5.84. The lowest BCUT2D eigenvalue weighted by Crippen LogP contribution is -2.43. The van der Waals surface area contributed by atoms with Gasteiger partial charge >= 0.3 is 11.8 Å². The second kappa shape index (κ2) is 8.05. The number of amides is 2. The Bertz CT molecular complexity index is 775. The number of rotatable bonds is 5. The van der Waals surface area contributed by atoms with E-state index in [4.69, 9.17) is 0 Å². The molecule has 2 aromatic rings. The van der Waals surface area contributed by atoms with E-state index in [0.29, 0.717) is 6.54 Å². The molecule has 2 aromatic carbocycles. The lowest BCUT2D eigenvalue weighted by molar-refractivity contribution is -0.384. The van der Waals surface area contributed by atoms with Crippen LogP contribution in [0.25, 0.3) is 0 Å². The van der Waals surface area contributed by atoms with Gasteiger partial charge in [0.15, 0.2) is 0 Å². The first-order chi connectivity index (χ1) is 11.9. The van der Waals surface area contributed by atoms with Crippen molar-refractivity contribution in [3.63, 3.8) is 0 Å². The molecule has 1 N–H and O–H groups in total. The molecule has 0 fully saturated rings. The van der Waals surface area contributed by atoms with Crippen molar-refractivity contribution in [2.75, 3.05) is 5.32 Å². The van der Waals surface area contributed by atoms with Crippen LogP contribution in [0.1, 0.15) is 19.4 Å². The van der Waals surface area contributed by atoms with Crippen LogP contribution in [-0.4, -0.2) is 27.7 Å². The Morgan fingerprint density at radius 1 is 1.12 bits per heavy atom. The fourth-order valence-electron chi connectivity index (χ4n) is 2.28. The molecule has 0 heterocycles. The van der Waals surface area contributed by atoms with Crippen molar-refractivity contribution in [2.24, 2.45) is 0 Å². The predicted octanol–water partition coefficient (Wildman–Crippen LogP) is 2.97. The summed E-state index contributed by atoms with van der Waals surface area (Å²) in [4.78, 5) is 36.4. The normalized spacial score (nSPS) is 10.4. The largest absolute Gasteiger partial charge is 0.328 e. The van der Waals surface area contributed by atoms with E-state index in [9.17, 15) is 19.7 Å². The second-order valence-corrected chi connectivity index (χ2v) is 5.77. The fourth-order valence-corrected chi connectivity index (χ4v) is 2.28. The highest BCUT2D eigenvalue weighted by Gasteiger charge is 2.24. The summed E-state index contributed by atoms with van der Waals surface area (Å²) in [5, 5.41) is 13.2. The van der Waals surface area contributed by atoms with Gasteiger partial charge in [-0.05, 0) is 25.5 Å². The number of nitrogens with zero attached hydrogens (tertiary/aromatic N) is 2. The maximum Gasteiger partial charge on any atom is 0.313 e. The zero-order valence-corrected chi connectivity index (χ0v) is 14.0. The molecule has 2 rings (SSSR count).